The quantitative estimate of drug-likeness (QED) is 0.808. The lowest BCUT2D eigenvalue weighted by atomic mass is 10.0. The summed E-state index contributed by atoms with van der Waals surface area (Å²) in [6.07, 6.45) is 0.645. The molecule has 0 aliphatic carbocycles. The zero-order chi connectivity index (χ0) is 11.3. The molecule has 0 bridgehead atoms. The molecule has 0 fully saturated rings. The summed E-state index contributed by atoms with van der Waals surface area (Å²) >= 11 is 0. The molecule has 2 nitrogen and oxygen atoms in total. The van der Waals surface area contributed by atoms with Gasteiger partial charge < -0.3 is 5.32 Å². The second-order valence-electron chi connectivity index (χ2n) is 3.63. The van der Waals surface area contributed by atoms with Crippen LogP contribution in [0.15, 0.2) is 24.3 Å². The van der Waals surface area contributed by atoms with Gasteiger partial charge in [-0.1, -0.05) is 19.1 Å². The van der Waals surface area contributed by atoms with E-state index >= 15 is 0 Å². The molecule has 82 valence electrons. The minimum Gasteiger partial charge on any atom is -0.356 e. The molecule has 0 radical (unpaired) electrons. The van der Waals surface area contributed by atoms with Gasteiger partial charge in [0.15, 0.2) is 0 Å². The van der Waals surface area contributed by atoms with Gasteiger partial charge in [-0.05, 0) is 31.0 Å². The second-order valence-corrected chi connectivity index (χ2v) is 3.63. The highest BCUT2D eigenvalue weighted by atomic mass is 19.1. The fourth-order valence-electron chi connectivity index (χ4n) is 1.42. The number of halogens is 1. The minimum atomic E-state index is -0.246. The van der Waals surface area contributed by atoms with E-state index in [0.29, 0.717) is 13.0 Å². The van der Waals surface area contributed by atoms with Crippen LogP contribution in [0, 0.1) is 11.7 Å². The number of nitrogens with one attached hydrogen (secondary N) is 1. The van der Waals surface area contributed by atoms with Crippen molar-refractivity contribution in [2.75, 3.05) is 6.54 Å². The number of amides is 1. The van der Waals surface area contributed by atoms with Gasteiger partial charge in [-0.2, -0.15) is 0 Å². The van der Waals surface area contributed by atoms with Crippen LogP contribution in [0.5, 0.6) is 0 Å². The maximum atomic E-state index is 12.6. The highest BCUT2D eigenvalue weighted by molar-refractivity contribution is 5.78. The van der Waals surface area contributed by atoms with E-state index in [2.05, 4.69) is 5.32 Å². The Balaban J connectivity index is 2.54. The first kappa shape index (κ1) is 11.7. The molecule has 0 heterocycles. The van der Waals surface area contributed by atoms with Crippen LogP contribution >= 0.6 is 0 Å². The van der Waals surface area contributed by atoms with Crippen molar-refractivity contribution >= 4 is 5.91 Å². The molecular formula is C12H16FNO. The van der Waals surface area contributed by atoms with Gasteiger partial charge >= 0.3 is 0 Å². The predicted molar refractivity (Wildman–Crippen MR) is 58.0 cm³/mol. The summed E-state index contributed by atoms with van der Waals surface area (Å²) in [6.45, 7) is 4.41. The molecule has 1 N–H and O–H groups in total. The molecular weight excluding hydrogens is 193 g/mol. The standard InChI is InChI=1S/C12H16FNO/c1-3-14-12(15)9(2)8-10-4-6-11(13)7-5-10/h4-7,9H,3,8H2,1-2H3,(H,14,15)/t9-/m1/s1. The Hall–Kier alpha value is -1.38. The first-order chi connectivity index (χ1) is 7.13. The van der Waals surface area contributed by atoms with Crippen LogP contribution in [0.2, 0.25) is 0 Å². The fourth-order valence-corrected chi connectivity index (χ4v) is 1.42. The summed E-state index contributed by atoms with van der Waals surface area (Å²) in [4.78, 5) is 11.4. The maximum Gasteiger partial charge on any atom is 0.223 e. The monoisotopic (exact) mass is 209 g/mol. The van der Waals surface area contributed by atoms with Crippen LogP contribution < -0.4 is 5.32 Å². The third-order valence-corrected chi connectivity index (χ3v) is 2.25. The Morgan fingerprint density at radius 1 is 1.40 bits per heavy atom. The normalized spacial score (nSPS) is 12.2. The smallest absolute Gasteiger partial charge is 0.223 e. The Bertz CT molecular complexity index is 321. The molecule has 0 saturated carbocycles. The number of rotatable bonds is 4. The van der Waals surface area contributed by atoms with Crippen molar-refractivity contribution in [1.82, 2.24) is 5.32 Å². The zero-order valence-corrected chi connectivity index (χ0v) is 9.09. The Labute approximate surface area is 89.5 Å². The van der Waals surface area contributed by atoms with E-state index in [1.807, 2.05) is 13.8 Å². The lowest BCUT2D eigenvalue weighted by molar-refractivity contribution is -0.124. The van der Waals surface area contributed by atoms with Crippen LogP contribution in [-0.4, -0.2) is 12.5 Å². The van der Waals surface area contributed by atoms with Crippen molar-refractivity contribution < 1.29 is 9.18 Å². The van der Waals surface area contributed by atoms with Crippen molar-refractivity contribution in [1.29, 1.82) is 0 Å². The largest absolute Gasteiger partial charge is 0.356 e. The molecule has 3 heteroatoms. The van der Waals surface area contributed by atoms with Gasteiger partial charge in [-0.25, -0.2) is 4.39 Å². The molecule has 1 aromatic rings. The summed E-state index contributed by atoms with van der Waals surface area (Å²) in [5.74, 6) is -0.276. The van der Waals surface area contributed by atoms with Gasteiger partial charge in [0.05, 0.1) is 0 Å². The Morgan fingerprint density at radius 2 is 2.00 bits per heavy atom. The van der Waals surface area contributed by atoms with Gasteiger partial charge in [-0.3, -0.25) is 4.79 Å². The summed E-state index contributed by atoms with van der Waals surface area (Å²) < 4.78 is 12.6. The molecule has 1 atom stereocenters. The molecule has 1 amide bonds. The van der Waals surface area contributed by atoms with E-state index in [0.717, 1.165) is 5.56 Å². The van der Waals surface area contributed by atoms with Crippen LogP contribution in [0.4, 0.5) is 4.39 Å². The topological polar surface area (TPSA) is 29.1 Å². The first-order valence-electron chi connectivity index (χ1n) is 5.15. The highest BCUT2D eigenvalue weighted by Gasteiger charge is 2.11. The van der Waals surface area contributed by atoms with E-state index < -0.39 is 0 Å². The molecule has 0 aliphatic rings. The van der Waals surface area contributed by atoms with E-state index in [4.69, 9.17) is 0 Å². The average molecular weight is 209 g/mol. The molecule has 0 unspecified atom stereocenters. The van der Waals surface area contributed by atoms with E-state index in [1.54, 1.807) is 12.1 Å². The van der Waals surface area contributed by atoms with Gasteiger partial charge in [0.2, 0.25) is 5.91 Å². The van der Waals surface area contributed by atoms with Crippen molar-refractivity contribution in [3.63, 3.8) is 0 Å². The molecule has 0 aliphatic heterocycles. The second kappa shape index (κ2) is 5.49. The summed E-state index contributed by atoms with van der Waals surface area (Å²) in [5.41, 5.74) is 0.982. The van der Waals surface area contributed by atoms with Crippen LogP contribution in [0.1, 0.15) is 19.4 Å². The molecule has 0 aromatic heterocycles. The zero-order valence-electron chi connectivity index (χ0n) is 9.09. The van der Waals surface area contributed by atoms with Crippen LogP contribution in [0.3, 0.4) is 0 Å². The van der Waals surface area contributed by atoms with Crippen molar-refractivity contribution in [3.8, 4) is 0 Å². The Kier molecular flexibility index (Phi) is 4.28. The number of hydrogen-bond acceptors (Lipinski definition) is 1. The third-order valence-electron chi connectivity index (χ3n) is 2.25. The van der Waals surface area contributed by atoms with E-state index in [1.165, 1.54) is 12.1 Å². The fraction of sp³-hybridized carbons (Fsp3) is 0.417. The lowest BCUT2D eigenvalue weighted by Gasteiger charge is -2.10. The third kappa shape index (κ3) is 3.70. The summed E-state index contributed by atoms with van der Waals surface area (Å²) in [7, 11) is 0. The van der Waals surface area contributed by atoms with Gasteiger partial charge in [0.25, 0.3) is 0 Å². The van der Waals surface area contributed by atoms with Gasteiger partial charge in [0.1, 0.15) is 5.82 Å². The number of benzene rings is 1. The van der Waals surface area contributed by atoms with Crippen LogP contribution in [-0.2, 0) is 11.2 Å². The number of hydrogen-bond donors (Lipinski definition) is 1. The summed E-state index contributed by atoms with van der Waals surface area (Å²) in [5, 5.41) is 2.76. The van der Waals surface area contributed by atoms with E-state index in [-0.39, 0.29) is 17.6 Å². The number of carbonyl (C=O) groups is 1. The Morgan fingerprint density at radius 3 is 2.53 bits per heavy atom. The maximum absolute atomic E-state index is 12.6. The lowest BCUT2D eigenvalue weighted by Crippen LogP contribution is -2.29. The molecule has 15 heavy (non-hydrogen) atoms. The van der Waals surface area contributed by atoms with Crippen molar-refractivity contribution in [3.05, 3.63) is 35.6 Å². The SMILES string of the molecule is CCNC(=O)[C@H](C)Cc1ccc(F)cc1. The molecule has 1 aromatic carbocycles. The van der Waals surface area contributed by atoms with Gasteiger partial charge in [-0.15, -0.1) is 0 Å². The van der Waals surface area contributed by atoms with Crippen molar-refractivity contribution in [2.45, 2.75) is 20.3 Å². The van der Waals surface area contributed by atoms with Gasteiger partial charge in [0, 0.05) is 12.5 Å². The minimum absolute atomic E-state index is 0.0434. The van der Waals surface area contributed by atoms with Crippen molar-refractivity contribution in [2.24, 2.45) is 5.92 Å². The summed E-state index contributed by atoms with van der Waals surface area (Å²) in [6, 6.07) is 6.26. The predicted octanol–water partition coefficient (Wildman–Crippen LogP) is 2.14. The van der Waals surface area contributed by atoms with Crippen LogP contribution in [0.25, 0.3) is 0 Å². The first-order valence-corrected chi connectivity index (χ1v) is 5.15. The molecule has 0 saturated heterocycles. The highest BCUT2D eigenvalue weighted by Crippen LogP contribution is 2.09. The molecule has 0 spiro atoms. The molecule has 1 rings (SSSR count). The average Bonchev–Trinajstić information content (AvgIpc) is 2.22. The van der Waals surface area contributed by atoms with E-state index in [9.17, 15) is 9.18 Å². The number of carbonyl (C=O) groups excluding carboxylic acids is 1.